The SMILES string of the molecule is C[C@H](NC(=O)c1ccc[nH]c1=S)c1cccc(Cl)c1. The van der Waals surface area contributed by atoms with Gasteiger partial charge in [-0.05, 0) is 36.8 Å². The van der Waals surface area contributed by atoms with Crippen molar-refractivity contribution in [3.8, 4) is 0 Å². The van der Waals surface area contributed by atoms with Crippen molar-refractivity contribution in [2.75, 3.05) is 0 Å². The molecule has 0 saturated heterocycles. The maximum Gasteiger partial charge on any atom is 0.254 e. The van der Waals surface area contributed by atoms with Gasteiger partial charge in [0.2, 0.25) is 0 Å². The number of nitrogens with one attached hydrogen (secondary N) is 2. The Balaban J connectivity index is 2.16. The molecule has 0 spiro atoms. The van der Waals surface area contributed by atoms with Crippen molar-refractivity contribution in [2.45, 2.75) is 13.0 Å². The van der Waals surface area contributed by atoms with Crippen LogP contribution in [-0.2, 0) is 0 Å². The molecule has 1 atom stereocenters. The van der Waals surface area contributed by atoms with E-state index >= 15 is 0 Å². The molecule has 3 nitrogen and oxygen atoms in total. The molecule has 0 unspecified atom stereocenters. The lowest BCUT2D eigenvalue weighted by atomic mass is 10.1. The lowest BCUT2D eigenvalue weighted by molar-refractivity contribution is 0.0939. The van der Waals surface area contributed by atoms with E-state index in [1.54, 1.807) is 24.4 Å². The summed E-state index contributed by atoms with van der Waals surface area (Å²) in [6, 6.07) is 10.7. The molecule has 0 aliphatic carbocycles. The normalized spacial score (nSPS) is 11.9. The van der Waals surface area contributed by atoms with E-state index in [2.05, 4.69) is 10.3 Å². The van der Waals surface area contributed by atoms with Crippen LogP contribution in [0.5, 0.6) is 0 Å². The van der Waals surface area contributed by atoms with E-state index in [1.165, 1.54) is 0 Å². The van der Waals surface area contributed by atoms with Crippen LogP contribution in [0, 0.1) is 4.64 Å². The van der Waals surface area contributed by atoms with Gasteiger partial charge in [0.05, 0.1) is 11.6 Å². The van der Waals surface area contributed by atoms with E-state index in [-0.39, 0.29) is 11.9 Å². The van der Waals surface area contributed by atoms with Gasteiger partial charge in [0, 0.05) is 11.2 Å². The Bertz CT molecular complexity index is 654. The molecular formula is C14H13ClN2OS. The molecule has 19 heavy (non-hydrogen) atoms. The molecule has 1 aromatic carbocycles. The molecule has 0 bridgehead atoms. The van der Waals surface area contributed by atoms with Crippen molar-refractivity contribution in [1.82, 2.24) is 10.3 Å². The Morgan fingerprint density at radius 2 is 2.16 bits per heavy atom. The topological polar surface area (TPSA) is 44.9 Å². The molecule has 2 N–H and O–H groups in total. The second-order valence-electron chi connectivity index (χ2n) is 4.16. The number of hydrogen-bond acceptors (Lipinski definition) is 2. The van der Waals surface area contributed by atoms with Crippen LogP contribution in [-0.4, -0.2) is 10.9 Å². The average Bonchev–Trinajstić information content (AvgIpc) is 2.39. The number of aromatic nitrogens is 1. The standard InChI is InChI=1S/C14H13ClN2OS/c1-9(10-4-2-5-11(15)8-10)17-13(18)12-6-3-7-16-14(12)19/h2-9H,1H3,(H,16,19)(H,17,18)/t9-/m0/s1. The molecule has 1 aromatic heterocycles. The van der Waals surface area contributed by atoms with Crippen LogP contribution < -0.4 is 5.32 Å². The number of aromatic amines is 1. The fraction of sp³-hybridized carbons (Fsp3) is 0.143. The predicted molar refractivity (Wildman–Crippen MR) is 79.0 cm³/mol. The van der Waals surface area contributed by atoms with Crippen LogP contribution in [0.3, 0.4) is 0 Å². The van der Waals surface area contributed by atoms with E-state index in [9.17, 15) is 4.79 Å². The van der Waals surface area contributed by atoms with Gasteiger partial charge in [0.25, 0.3) is 5.91 Å². The number of pyridine rings is 1. The molecule has 0 saturated carbocycles. The van der Waals surface area contributed by atoms with Gasteiger partial charge in [-0.2, -0.15) is 0 Å². The van der Waals surface area contributed by atoms with Crippen molar-refractivity contribution in [2.24, 2.45) is 0 Å². The number of hydrogen-bond donors (Lipinski definition) is 2. The number of carbonyl (C=O) groups excluding carboxylic acids is 1. The molecule has 5 heteroatoms. The molecule has 1 heterocycles. The number of rotatable bonds is 3. The first-order valence-electron chi connectivity index (χ1n) is 5.82. The summed E-state index contributed by atoms with van der Waals surface area (Å²) in [5, 5.41) is 3.54. The highest BCUT2D eigenvalue weighted by atomic mass is 35.5. The van der Waals surface area contributed by atoms with E-state index in [4.69, 9.17) is 23.8 Å². The second kappa shape index (κ2) is 5.99. The maximum absolute atomic E-state index is 12.1. The number of halogens is 1. The van der Waals surface area contributed by atoms with Crippen molar-refractivity contribution in [3.05, 3.63) is 63.4 Å². The monoisotopic (exact) mass is 292 g/mol. The van der Waals surface area contributed by atoms with E-state index < -0.39 is 0 Å². The fourth-order valence-corrected chi connectivity index (χ4v) is 2.16. The number of carbonyl (C=O) groups is 1. The summed E-state index contributed by atoms with van der Waals surface area (Å²) in [7, 11) is 0. The molecule has 98 valence electrons. The van der Waals surface area contributed by atoms with Gasteiger partial charge in [0.1, 0.15) is 4.64 Å². The average molecular weight is 293 g/mol. The zero-order chi connectivity index (χ0) is 13.8. The Hall–Kier alpha value is -1.65. The fourth-order valence-electron chi connectivity index (χ4n) is 1.73. The molecule has 0 aliphatic rings. The van der Waals surface area contributed by atoms with Crippen LogP contribution in [0.1, 0.15) is 28.9 Å². The summed E-state index contributed by atoms with van der Waals surface area (Å²) in [4.78, 5) is 14.9. The van der Waals surface area contributed by atoms with Crippen molar-refractivity contribution < 1.29 is 4.79 Å². The highest BCUT2D eigenvalue weighted by molar-refractivity contribution is 7.71. The molecule has 0 fully saturated rings. The van der Waals surface area contributed by atoms with E-state index in [1.807, 2.05) is 25.1 Å². The van der Waals surface area contributed by atoms with Crippen LogP contribution in [0.25, 0.3) is 0 Å². The predicted octanol–water partition coefficient (Wildman–Crippen LogP) is 3.89. The summed E-state index contributed by atoms with van der Waals surface area (Å²) in [5.74, 6) is -0.200. The van der Waals surface area contributed by atoms with Crippen LogP contribution in [0.2, 0.25) is 5.02 Å². The summed E-state index contributed by atoms with van der Waals surface area (Å²) in [6.07, 6.45) is 1.69. The summed E-state index contributed by atoms with van der Waals surface area (Å²) in [6.45, 7) is 1.90. The smallest absolute Gasteiger partial charge is 0.254 e. The van der Waals surface area contributed by atoms with Gasteiger partial charge in [-0.3, -0.25) is 4.79 Å². The minimum Gasteiger partial charge on any atom is -0.352 e. The number of H-pyrrole nitrogens is 1. The van der Waals surface area contributed by atoms with E-state index in [0.29, 0.717) is 15.2 Å². The Morgan fingerprint density at radius 3 is 2.84 bits per heavy atom. The molecule has 0 radical (unpaired) electrons. The van der Waals surface area contributed by atoms with Crippen LogP contribution >= 0.6 is 23.8 Å². The van der Waals surface area contributed by atoms with Gasteiger partial charge < -0.3 is 10.3 Å². The zero-order valence-electron chi connectivity index (χ0n) is 10.3. The maximum atomic E-state index is 12.1. The molecule has 2 rings (SSSR count). The third kappa shape index (κ3) is 3.43. The molecule has 2 aromatic rings. The third-order valence-corrected chi connectivity index (χ3v) is 3.33. The van der Waals surface area contributed by atoms with Gasteiger partial charge in [-0.15, -0.1) is 0 Å². The van der Waals surface area contributed by atoms with Gasteiger partial charge in [0.15, 0.2) is 0 Å². The first-order chi connectivity index (χ1) is 9.08. The second-order valence-corrected chi connectivity index (χ2v) is 5.01. The highest BCUT2D eigenvalue weighted by Gasteiger charge is 2.12. The first kappa shape index (κ1) is 13.8. The van der Waals surface area contributed by atoms with Crippen molar-refractivity contribution in [1.29, 1.82) is 0 Å². The Morgan fingerprint density at radius 1 is 1.37 bits per heavy atom. The van der Waals surface area contributed by atoms with Crippen molar-refractivity contribution >= 4 is 29.7 Å². The summed E-state index contributed by atoms with van der Waals surface area (Å²) < 4.78 is 0.429. The Kier molecular flexibility index (Phi) is 4.35. The van der Waals surface area contributed by atoms with Gasteiger partial charge >= 0.3 is 0 Å². The van der Waals surface area contributed by atoms with Crippen LogP contribution in [0.4, 0.5) is 0 Å². The molecular weight excluding hydrogens is 280 g/mol. The largest absolute Gasteiger partial charge is 0.352 e. The van der Waals surface area contributed by atoms with Gasteiger partial charge in [-0.1, -0.05) is 36.0 Å². The van der Waals surface area contributed by atoms with Crippen LogP contribution in [0.15, 0.2) is 42.6 Å². The highest BCUT2D eigenvalue weighted by Crippen LogP contribution is 2.17. The number of benzene rings is 1. The van der Waals surface area contributed by atoms with Gasteiger partial charge in [-0.25, -0.2) is 0 Å². The van der Waals surface area contributed by atoms with E-state index in [0.717, 1.165) is 5.56 Å². The van der Waals surface area contributed by atoms with Crippen molar-refractivity contribution in [3.63, 3.8) is 0 Å². The minimum absolute atomic E-state index is 0.138. The molecule has 1 amide bonds. The lowest BCUT2D eigenvalue weighted by Gasteiger charge is -2.14. The Labute approximate surface area is 121 Å². The first-order valence-corrected chi connectivity index (χ1v) is 6.60. The number of amides is 1. The summed E-state index contributed by atoms with van der Waals surface area (Å²) >= 11 is 11.0. The minimum atomic E-state index is -0.200. The third-order valence-electron chi connectivity index (χ3n) is 2.76. The quantitative estimate of drug-likeness (QED) is 0.843. The zero-order valence-corrected chi connectivity index (χ0v) is 11.9. The summed E-state index contributed by atoms with van der Waals surface area (Å²) in [5.41, 5.74) is 1.41. The molecule has 0 aliphatic heterocycles. The lowest BCUT2D eigenvalue weighted by Crippen LogP contribution is -2.27.